The van der Waals surface area contributed by atoms with Crippen molar-refractivity contribution in [3.63, 3.8) is 0 Å². The Bertz CT molecular complexity index is 506. The predicted molar refractivity (Wildman–Crippen MR) is 79.0 cm³/mol. The number of nitrogens with one attached hydrogen (secondary N) is 2. The van der Waals surface area contributed by atoms with Crippen LogP contribution < -0.4 is 14.8 Å². The lowest BCUT2D eigenvalue weighted by molar-refractivity contribution is 0.413. The van der Waals surface area contributed by atoms with E-state index in [1.807, 2.05) is 0 Å². The number of sulfonamides is 1. The Morgan fingerprint density at radius 1 is 1.21 bits per heavy atom. The molecular weight excluding hydrogens is 332 g/mol. The van der Waals surface area contributed by atoms with Gasteiger partial charge in [-0.3, -0.25) is 0 Å². The maximum absolute atomic E-state index is 12.1. The minimum Gasteiger partial charge on any atom is -0.497 e. The molecule has 1 rings (SSSR count). The molecule has 1 aromatic rings. The van der Waals surface area contributed by atoms with Crippen LogP contribution in [0.1, 0.15) is 13.3 Å². The van der Waals surface area contributed by atoms with E-state index < -0.39 is 10.0 Å². The summed E-state index contributed by atoms with van der Waals surface area (Å²) in [6, 6.07) is 4.75. The van der Waals surface area contributed by atoms with Crippen LogP contribution in [0.2, 0.25) is 0 Å². The van der Waals surface area contributed by atoms with Gasteiger partial charge in [-0.2, -0.15) is 0 Å². The van der Waals surface area contributed by atoms with Gasteiger partial charge in [-0.25, -0.2) is 13.1 Å². The minimum atomic E-state index is -3.50. The summed E-state index contributed by atoms with van der Waals surface area (Å²) in [5.41, 5.74) is 0. The summed E-state index contributed by atoms with van der Waals surface area (Å²) in [5, 5.41) is 3.13. The smallest absolute Gasteiger partial charge is 0.240 e. The molecule has 0 heterocycles. The van der Waals surface area contributed by atoms with E-state index in [1.54, 1.807) is 12.1 Å². The zero-order valence-electron chi connectivity index (χ0n) is 11.1. The molecule has 19 heavy (non-hydrogen) atoms. The van der Waals surface area contributed by atoms with E-state index in [9.17, 15) is 8.42 Å². The Hall–Kier alpha value is -0.630. The Balaban J connectivity index is 2.69. The molecule has 2 N–H and O–H groups in total. The largest absolute Gasteiger partial charge is 0.497 e. The normalized spacial score (nSPS) is 11.5. The molecule has 0 saturated carbocycles. The van der Waals surface area contributed by atoms with Gasteiger partial charge >= 0.3 is 0 Å². The number of ether oxygens (including phenoxy) is 1. The highest BCUT2D eigenvalue weighted by molar-refractivity contribution is 9.10. The van der Waals surface area contributed by atoms with Gasteiger partial charge < -0.3 is 10.1 Å². The van der Waals surface area contributed by atoms with Crippen LogP contribution in [-0.4, -0.2) is 35.2 Å². The van der Waals surface area contributed by atoms with Crippen molar-refractivity contribution in [2.75, 3.05) is 26.7 Å². The first kappa shape index (κ1) is 16.4. The topological polar surface area (TPSA) is 67.4 Å². The van der Waals surface area contributed by atoms with E-state index in [2.05, 4.69) is 32.9 Å². The third-order valence-electron chi connectivity index (χ3n) is 2.41. The van der Waals surface area contributed by atoms with Crippen LogP contribution in [-0.2, 0) is 10.0 Å². The second-order valence-electron chi connectivity index (χ2n) is 3.97. The minimum absolute atomic E-state index is 0.189. The van der Waals surface area contributed by atoms with Crippen LogP contribution in [0.25, 0.3) is 0 Å². The molecule has 0 unspecified atom stereocenters. The molecule has 5 nitrogen and oxygen atoms in total. The molecule has 108 valence electrons. The van der Waals surface area contributed by atoms with Crippen molar-refractivity contribution < 1.29 is 13.2 Å². The summed E-state index contributed by atoms with van der Waals surface area (Å²) < 4.78 is 32.4. The lowest BCUT2D eigenvalue weighted by Gasteiger charge is -2.09. The third kappa shape index (κ3) is 5.48. The van der Waals surface area contributed by atoms with Crippen molar-refractivity contribution in [2.45, 2.75) is 18.2 Å². The first-order valence-corrected chi connectivity index (χ1v) is 8.32. The van der Waals surface area contributed by atoms with Crippen molar-refractivity contribution in [3.8, 4) is 5.75 Å². The SMILES string of the molecule is CCCNCCNS(=O)(=O)c1cc(Br)cc(OC)c1. The van der Waals surface area contributed by atoms with E-state index in [-0.39, 0.29) is 4.90 Å². The second-order valence-corrected chi connectivity index (χ2v) is 6.66. The Labute approximate surface area is 122 Å². The van der Waals surface area contributed by atoms with Gasteiger partial charge in [0.1, 0.15) is 5.75 Å². The van der Waals surface area contributed by atoms with Gasteiger partial charge in [0.05, 0.1) is 12.0 Å². The maximum Gasteiger partial charge on any atom is 0.240 e. The number of hydrogen-bond acceptors (Lipinski definition) is 4. The molecule has 0 fully saturated rings. The van der Waals surface area contributed by atoms with Crippen LogP contribution in [0.15, 0.2) is 27.6 Å². The summed E-state index contributed by atoms with van der Waals surface area (Å²) in [6.45, 7) is 3.91. The fourth-order valence-corrected chi connectivity index (χ4v) is 3.18. The van der Waals surface area contributed by atoms with Crippen LogP contribution >= 0.6 is 15.9 Å². The third-order valence-corrected chi connectivity index (χ3v) is 4.31. The van der Waals surface area contributed by atoms with E-state index in [1.165, 1.54) is 13.2 Å². The van der Waals surface area contributed by atoms with Crippen LogP contribution in [0, 0.1) is 0 Å². The van der Waals surface area contributed by atoms with Crippen molar-refractivity contribution in [1.82, 2.24) is 10.0 Å². The number of methoxy groups -OCH3 is 1. The average molecular weight is 351 g/mol. The zero-order valence-corrected chi connectivity index (χ0v) is 13.5. The average Bonchev–Trinajstić information content (AvgIpc) is 2.37. The molecule has 0 aromatic heterocycles. The van der Waals surface area contributed by atoms with Gasteiger partial charge in [0.2, 0.25) is 10.0 Å². The quantitative estimate of drug-likeness (QED) is 0.700. The number of benzene rings is 1. The van der Waals surface area contributed by atoms with Gasteiger partial charge in [-0.15, -0.1) is 0 Å². The van der Waals surface area contributed by atoms with E-state index in [0.29, 0.717) is 23.3 Å². The lowest BCUT2D eigenvalue weighted by Crippen LogP contribution is -2.32. The molecule has 0 aliphatic carbocycles. The van der Waals surface area contributed by atoms with Crippen molar-refractivity contribution in [2.24, 2.45) is 0 Å². The molecule has 0 bridgehead atoms. The fraction of sp³-hybridized carbons (Fsp3) is 0.500. The number of rotatable bonds is 8. The monoisotopic (exact) mass is 350 g/mol. The molecule has 0 aliphatic heterocycles. The number of halogens is 1. The van der Waals surface area contributed by atoms with Crippen LogP contribution in [0.5, 0.6) is 5.75 Å². The highest BCUT2D eigenvalue weighted by atomic mass is 79.9. The Morgan fingerprint density at radius 3 is 2.58 bits per heavy atom. The van der Waals surface area contributed by atoms with Gasteiger partial charge in [-0.05, 0) is 25.1 Å². The number of hydrogen-bond donors (Lipinski definition) is 2. The molecule has 0 spiro atoms. The first-order valence-electron chi connectivity index (χ1n) is 6.04. The summed E-state index contributed by atoms with van der Waals surface area (Å²) in [5.74, 6) is 0.499. The summed E-state index contributed by atoms with van der Waals surface area (Å²) in [4.78, 5) is 0.189. The first-order chi connectivity index (χ1) is 8.99. The fourth-order valence-electron chi connectivity index (χ4n) is 1.47. The Kier molecular flexibility index (Phi) is 6.78. The van der Waals surface area contributed by atoms with Crippen molar-refractivity contribution in [1.29, 1.82) is 0 Å². The van der Waals surface area contributed by atoms with E-state index in [0.717, 1.165) is 13.0 Å². The molecule has 0 atom stereocenters. The van der Waals surface area contributed by atoms with Gasteiger partial charge in [0.15, 0.2) is 0 Å². The summed E-state index contributed by atoms with van der Waals surface area (Å²) in [7, 11) is -2.00. The molecule has 7 heteroatoms. The molecule has 0 aliphatic rings. The van der Waals surface area contributed by atoms with E-state index in [4.69, 9.17) is 4.74 Å². The van der Waals surface area contributed by atoms with Crippen molar-refractivity contribution in [3.05, 3.63) is 22.7 Å². The van der Waals surface area contributed by atoms with E-state index >= 15 is 0 Å². The van der Waals surface area contributed by atoms with Crippen molar-refractivity contribution >= 4 is 26.0 Å². The van der Waals surface area contributed by atoms with Gasteiger partial charge in [-0.1, -0.05) is 22.9 Å². The Morgan fingerprint density at radius 2 is 1.95 bits per heavy atom. The maximum atomic E-state index is 12.1. The van der Waals surface area contributed by atoms with Gasteiger partial charge in [0, 0.05) is 23.6 Å². The molecular formula is C12H19BrN2O3S. The van der Waals surface area contributed by atoms with Crippen LogP contribution in [0.3, 0.4) is 0 Å². The molecule has 0 saturated heterocycles. The highest BCUT2D eigenvalue weighted by Gasteiger charge is 2.15. The molecule has 0 radical (unpaired) electrons. The predicted octanol–water partition coefficient (Wildman–Crippen LogP) is 1.74. The second kappa shape index (κ2) is 7.84. The summed E-state index contributed by atoms with van der Waals surface area (Å²) in [6.07, 6.45) is 1.02. The molecule has 1 aromatic carbocycles. The standard InChI is InChI=1S/C12H19BrN2O3S/c1-3-4-14-5-6-15-19(16,17)12-8-10(13)7-11(9-12)18-2/h7-9,14-15H,3-6H2,1-2H3. The zero-order chi connectivity index (χ0) is 14.3. The van der Waals surface area contributed by atoms with Gasteiger partial charge in [0.25, 0.3) is 0 Å². The lowest BCUT2D eigenvalue weighted by atomic mass is 10.3. The highest BCUT2D eigenvalue weighted by Crippen LogP contribution is 2.23. The molecule has 0 amide bonds. The summed E-state index contributed by atoms with van der Waals surface area (Å²) >= 11 is 3.26. The van der Waals surface area contributed by atoms with Crippen LogP contribution in [0.4, 0.5) is 0 Å².